The van der Waals surface area contributed by atoms with E-state index in [0.717, 1.165) is 16.9 Å². The molecule has 2 rings (SSSR count). The van der Waals surface area contributed by atoms with Gasteiger partial charge < -0.3 is 5.73 Å². The molecule has 0 spiro atoms. The predicted octanol–water partition coefficient (Wildman–Crippen LogP) is 3.76. The van der Waals surface area contributed by atoms with Crippen LogP contribution < -0.4 is 5.73 Å². The highest BCUT2D eigenvalue weighted by atomic mass is 14.7. The van der Waals surface area contributed by atoms with E-state index in [4.69, 9.17) is 5.73 Å². The van der Waals surface area contributed by atoms with Crippen LogP contribution in [0.3, 0.4) is 0 Å². The molecule has 0 atom stereocenters. The lowest BCUT2D eigenvalue weighted by Crippen LogP contribution is -2.00. The van der Waals surface area contributed by atoms with Crippen molar-refractivity contribution in [1.82, 2.24) is 4.98 Å². The van der Waals surface area contributed by atoms with Crippen LogP contribution >= 0.6 is 0 Å². The first-order chi connectivity index (χ1) is 7.58. The largest absolute Gasteiger partial charge is 0.398 e. The summed E-state index contributed by atoms with van der Waals surface area (Å²) in [4.78, 5) is 4.29. The fourth-order valence-electron chi connectivity index (χ4n) is 1.47. The SMILES string of the molecule is CC.CC1(C)C=Cc2nccc(N)c2C=C1. The Morgan fingerprint density at radius 2 is 1.75 bits per heavy atom. The lowest BCUT2D eigenvalue weighted by molar-refractivity contribution is 0.633. The summed E-state index contributed by atoms with van der Waals surface area (Å²) in [5.74, 6) is 0. The Morgan fingerprint density at radius 3 is 2.44 bits per heavy atom. The third-order valence-corrected chi connectivity index (χ3v) is 2.40. The zero-order valence-corrected chi connectivity index (χ0v) is 10.5. The van der Waals surface area contributed by atoms with Crippen molar-refractivity contribution >= 4 is 17.8 Å². The average molecular weight is 216 g/mol. The van der Waals surface area contributed by atoms with E-state index in [-0.39, 0.29) is 5.41 Å². The van der Waals surface area contributed by atoms with Crippen LogP contribution in [0.5, 0.6) is 0 Å². The summed E-state index contributed by atoms with van der Waals surface area (Å²) < 4.78 is 0. The molecule has 1 aliphatic rings. The van der Waals surface area contributed by atoms with Crippen molar-refractivity contribution in [2.75, 3.05) is 5.73 Å². The first-order valence-corrected chi connectivity index (χ1v) is 5.71. The van der Waals surface area contributed by atoms with Crippen molar-refractivity contribution in [3.63, 3.8) is 0 Å². The van der Waals surface area contributed by atoms with Gasteiger partial charge in [-0.15, -0.1) is 0 Å². The van der Waals surface area contributed by atoms with Crippen LogP contribution in [0.4, 0.5) is 5.69 Å². The van der Waals surface area contributed by atoms with E-state index in [9.17, 15) is 0 Å². The molecule has 0 aliphatic heterocycles. The number of pyridine rings is 1. The Labute approximate surface area is 97.9 Å². The zero-order valence-electron chi connectivity index (χ0n) is 10.5. The van der Waals surface area contributed by atoms with Crippen LogP contribution in [0.25, 0.3) is 12.2 Å². The van der Waals surface area contributed by atoms with Crippen LogP contribution in [0, 0.1) is 5.41 Å². The number of nitrogens with zero attached hydrogens (tertiary/aromatic N) is 1. The van der Waals surface area contributed by atoms with Gasteiger partial charge in [0.15, 0.2) is 0 Å². The summed E-state index contributed by atoms with van der Waals surface area (Å²) in [6, 6.07) is 1.83. The highest BCUT2D eigenvalue weighted by Gasteiger charge is 2.13. The summed E-state index contributed by atoms with van der Waals surface area (Å²) in [6.45, 7) is 8.31. The highest BCUT2D eigenvalue weighted by Crippen LogP contribution is 2.28. The molecule has 1 aromatic heterocycles. The number of hydrogen-bond donors (Lipinski definition) is 1. The molecule has 2 nitrogen and oxygen atoms in total. The van der Waals surface area contributed by atoms with Gasteiger partial charge in [0.2, 0.25) is 0 Å². The molecular formula is C14H20N2. The molecule has 1 aliphatic carbocycles. The maximum absolute atomic E-state index is 5.87. The summed E-state index contributed by atoms with van der Waals surface area (Å²) in [5, 5.41) is 0. The second kappa shape index (κ2) is 4.97. The quantitative estimate of drug-likeness (QED) is 0.717. The molecule has 0 saturated carbocycles. The molecule has 0 amide bonds. The Hall–Kier alpha value is -1.57. The second-order valence-electron chi connectivity index (χ2n) is 4.19. The third kappa shape index (κ3) is 2.72. The van der Waals surface area contributed by atoms with Gasteiger partial charge >= 0.3 is 0 Å². The summed E-state index contributed by atoms with van der Waals surface area (Å²) in [7, 11) is 0. The lowest BCUT2D eigenvalue weighted by atomic mass is 9.93. The Kier molecular flexibility index (Phi) is 3.88. The van der Waals surface area contributed by atoms with E-state index in [1.54, 1.807) is 6.20 Å². The Bertz CT molecular complexity index is 415. The average Bonchev–Trinajstić information content (AvgIpc) is 2.42. The van der Waals surface area contributed by atoms with Crippen molar-refractivity contribution in [3.8, 4) is 0 Å². The normalized spacial score (nSPS) is 15.8. The van der Waals surface area contributed by atoms with Crippen molar-refractivity contribution in [2.24, 2.45) is 5.41 Å². The topological polar surface area (TPSA) is 38.9 Å². The number of nitrogen functional groups attached to an aromatic ring is 1. The Morgan fingerprint density at radius 1 is 1.12 bits per heavy atom. The molecule has 86 valence electrons. The van der Waals surface area contributed by atoms with E-state index in [1.807, 2.05) is 26.0 Å². The molecule has 16 heavy (non-hydrogen) atoms. The van der Waals surface area contributed by atoms with Crippen molar-refractivity contribution in [1.29, 1.82) is 0 Å². The van der Waals surface area contributed by atoms with Crippen LogP contribution in [-0.4, -0.2) is 4.98 Å². The fraction of sp³-hybridized carbons (Fsp3) is 0.357. The third-order valence-electron chi connectivity index (χ3n) is 2.40. The van der Waals surface area contributed by atoms with Crippen LogP contribution in [0.1, 0.15) is 39.0 Å². The minimum Gasteiger partial charge on any atom is -0.398 e. The molecule has 2 N–H and O–H groups in total. The first-order valence-electron chi connectivity index (χ1n) is 5.71. The van der Waals surface area contributed by atoms with Crippen LogP contribution in [0.15, 0.2) is 24.4 Å². The van der Waals surface area contributed by atoms with Crippen LogP contribution in [-0.2, 0) is 0 Å². The van der Waals surface area contributed by atoms with Gasteiger partial charge in [-0.25, -0.2) is 0 Å². The molecule has 0 fully saturated rings. The van der Waals surface area contributed by atoms with Gasteiger partial charge in [-0.2, -0.15) is 0 Å². The summed E-state index contributed by atoms with van der Waals surface area (Å²) in [5.41, 5.74) is 8.71. The number of nitrogens with two attached hydrogens (primary N) is 1. The minimum absolute atomic E-state index is 0.0765. The zero-order chi connectivity index (χ0) is 12.2. The summed E-state index contributed by atoms with van der Waals surface area (Å²) in [6.07, 6.45) is 10.1. The maximum atomic E-state index is 5.87. The Balaban J connectivity index is 0.000000606. The molecule has 0 radical (unpaired) electrons. The molecule has 0 aromatic carbocycles. The van der Waals surface area contributed by atoms with Gasteiger partial charge in [0, 0.05) is 22.9 Å². The predicted molar refractivity (Wildman–Crippen MR) is 71.8 cm³/mol. The smallest absolute Gasteiger partial charge is 0.0719 e. The number of aromatic nitrogens is 1. The first kappa shape index (κ1) is 12.5. The minimum atomic E-state index is 0.0765. The molecule has 2 heteroatoms. The molecule has 1 heterocycles. The van der Waals surface area contributed by atoms with E-state index >= 15 is 0 Å². The van der Waals surface area contributed by atoms with Gasteiger partial charge in [-0.3, -0.25) is 4.98 Å². The number of fused-ring (bicyclic) bond motifs is 1. The fourth-order valence-corrected chi connectivity index (χ4v) is 1.47. The number of hydrogen-bond acceptors (Lipinski definition) is 2. The number of allylic oxidation sites excluding steroid dienone is 2. The molecule has 1 aromatic rings. The molecular weight excluding hydrogens is 196 g/mol. The standard InChI is InChI=1S/C12H14N2.C2H6/c1-12(2)6-3-9-10(13)5-8-14-11(9)4-7-12;1-2/h3-8H,1-2H3,(H2,13,14);1-2H3. The number of anilines is 1. The van der Waals surface area contributed by atoms with Gasteiger partial charge in [0.25, 0.3) is 0 Å². The monoisotopic (exact) mass is 216 g/mol. The van der Waals surface area contributed by atoms with Gasteiger partial charge in [0.1, 0.15) is 0 Å². The van der Waals surface area contributed by atoms with E-state index in [0.29, 0.717) is 0 Å². The van der Waals surface area contributed by atoms with Gasteiger partial charge in [0.05, 0.1) is 5.69 Å². The molecule has 0 bridgehead atoms. The van der Waals surface area contributed by atoms with E-state index in [2.05, 4.69) is 37.1 Å². The van der Waals surface area contributed by atoms with Gasteiger partial charge in [-0.05, 0) is 12.1 Å². The number of rotatable bonds is 0. The molecule has 0 unspecified atom stereocenters. The lowest BCUT2D eigenvalue weighted by Gasteiger charge is -2.11. The van der Waals surface area contributed by atoms with E-state index in [1.165, 1.54) is 0 Å². The molecule has 0 saturated heterocycles. The van der Waals surface area contributed by atoms with Crippen molar-refractivity contribution in [2.45, 2.75) is 27.7 Å². The maximum Gasteiger partial charge on any atom is 0.0719 e. The van der Waals surface area contributed by atoms with Crippen LogP contribution in [0.2, 0.25) is 0 Å². The highest BCUT2D eigenvalue weighted by molar-refractivity contribution is 5.74. The van der Waals surface area contributed by atoms with E-state index < -0.39 is 0 Å². The van der Waals surface area contributed by atoms with Crippen molar-refractivity contribution < 1.29 is 0 Å². The summed E-state index contributed by atoms with van der Waals surface area (Å²) >= 11 is 0. The second-order valence-corrected chi connectivity index (χ2v) is 4.19. The van der Waals surface area contributed by atoms with Crippen molar-refractivity contribution in [3.05, 3.63) is 35.7 Å². The van der Waals surface area contributed by atoms with Gasteiger partial charge in [-0.1, -0.05) is 45.9 Å².